The Morgan fingerprint density at radius 1 is 1.39 bits per heavy atom. The fourth-order valence-corrected chi connectivity index (χ4v) is 2.76. The number of rotatable bonds is 4. The molecule has 98 valence electrons. The molecule has 2 rings (SSSR count). The first kappa shape index (κ1) is 13.4. The van der Waals surface area contributed by atoms with Gasteiger partial charge in [0.1, 0.15) is 0 Å². The highest BCUT2D eigenvalue weighted by Crippen LogP contribution is 2.18. The van der Waals surface area contributed by atoms with Crippen molar-refractivity contribution < 1.29 is 4.79 Å². The van der Waals surface area contributed by atoms with Crippen molar-refractivity contribution in [3.63, 3.8) is 0 Å². The van der Waals surface area contributed by atoms with Crippen LogP contribution in [-0.2, 0) is 11.2 Å². The topological polar surface area (TPSA) is 55.1 Å². The van der Waals surface area contributed by atoms with E-state index in [4.69, 9.17) is 5.73 Å². The van der Waals surface area contributed by atoms with Crippen LogP contribution in [0.2, 0.25) is 0 Å². The van der Waals surface area contributed by atoms with Gasteiger partial charge in [-0.1, -0.05) is 12.1 Å². The number of nitrogens with two attached hydrogens (primary N) is 1. The van der Waals surface area contributed by atoms with Crippen LogP contribution in [0.3, 0.4) is 0 Å². The van der Waals surface area contributed by atoms with Gasteiger partial charge in [0.15, 0.2) is 0 Å². The molecule has 1 saturated carbocycles. The Kier molecular flexibility index (Phi) is 4.66. The first-order valence-corrected chi connectivity index (χ1v) is 7.57. The van der Waals surface area contributed by atoms with E-state index in [2.05, 4.69) is 17.4 Å². The molecule has 1 aromatic rings. The van der Waals surface area contributed by atoms with Gasteiger partial charge >= 0.3 is 0 Å². The Morgan fingerprint density at radius 2 is 2.11 bits per heavy atom. The summed E-state index contributed by atoms with van der Waals surface area (Å²) in [4.78, 5) is 13.1. The van der Waals surface area contributed by atoms with E-state index in [-0.39, 0.29) is 18.0 Å². The molecule has 2 atom stereocenters. The highest BCUT2D eigenvalue weighted by Gasteiger charge is 2.22. The van der Waals surface area contributed by atoms with E-state index in [1.54, 1.807) is 11.8 Å². The first-order valence-electron chi connectivity index (χ1n) is 6.35. The summed E-state index contributed by atoms with van der Waals surface area (Å²) in [7, 11) is 0. The Morgan fingerprint density at radius 3 is 2.67 bits per heavy atom. The Labute approximate surface area is 113 Å². The molecule has 2 unspecified atom stereocenters. The second kappa shape index (κ2) is 6.25. The maximum Gasteiger partial charge on any atom is 0.224 e. The molecule has 4 heteroatoms. The van der Waals surface area contributed by atoms with Gasteiger partial charge in [-0.25, -0.2) is 0 Å². The zero-order valence-corrected chi connectivity index (χ0v) is 11.5. The number of hydrogen-bond donors (Lipinski definition) is 2. The number of amides is 1. The number of nitrogens with one attached hydrogen (secondary N) is 1. The standard InChI is InChI=1S/C14H20N2OS/c1-18-13-6-2-10(3-7-13)8-14(17)16-12-5-4-11(15)9-12/h2-3,6-7,11-12H,4-5,8-9,15H2,1H3,(H,16,17). The largest absolute Gasteiger partial charge is 0.353 e. The Hall–Kier alpha value is -1.00. The van der Waals surface area contributed by atoms with Crippen molar-refractivity contribution in [1.29, 1.82) is 0 Å². The molecule has 0 aromatic heterocycles. The molecule has 1 fully saturated rings. The van der Waals surface area contributed by atoms with Crippen molar-refractivity contribution in [3.8, 4) is 0 Å². The van der Waals surface area contributed by atoms with Gasteiger partial charge in [-0.15, -0.1) is 11.8 Å². The molecule has 3 nitrogen and oxygen atoms in total. The highest BCUT2D eigenvalue weighted by atomic mass is 32.2. The summed E-state index contributed by atoms with van der Waals surface area (Å²) in [5.41, 5.74) is 6.89. The maximum atomic E-state index is 11.9. The molecule has 0 saturated heterocycles. The van der Waals surface area contributed by atoms with Crippen LogP contribution in [0.5, 0.6) is 0 Å². The minimum absolute atomic E-state index is 0.103. The third kappa shape index (κ3) is 3.75. The predicted octanol–water partition coefficient (Wildman–Crippen LogP) is 1.95. The van der Waals surface area contributed by atoms with Gasteiger partial charge in [-0.3, -0.25) is 4.79 Å². The molecule has 1 amide bonds. The van der Waals surface area contributed by atoms with Crippen LogP contribution in [0.25, 0.3) is 0 Å². The Bertz CT molecular complexity index is 405. The average Bonchev–Trinajstić information content (AvgIpc) is 2.75. The van der Waals surface area contributed by atoms with Gasteiger partial charge in [0, 0.05) is 17.0 Å². The maximum absolute atomic E-state index is 11.9. The molecule has 1 aromatic carbocycles. The molecule has 1 aliphatic carbocycles. The van der Waals surface area contributed by atoms with E-state index >= 15 is 0 Å². The number of benzene rings is 1. The lowest BCUT2D eigenvalue weighted by Crippen LogP contribution is -2.35. The first-order chi connectivity index (χ1) is 8.67. The second-order valence-corrected chi connectivity index (χ2v) is 5.74. The summed E-state index contributed by atoms with van der Waals surface area (Å²) >= 11 is 1.71. The number of hydrogen-bond acceptors (Lipinski definition) is 3. The van der Waals surface area contributed by atoms with Gasteiger partial charge in [-0.05, 0) is 43.2 Å². The lowest BCUT2D eigenvalue weighted by molar-refractivity contribution is -0.121. The van der Waals surface area contributed by atoms with Crippen molar-refractivity contribution in [2.75, 3.05) is 6.26 Å². The van der Waals surface area contributed by atoms with Gasteiger partial charge in [-0.2, -0.15) is 0 Å². The lowest BCUT2D eigenvalue weighted by atomic mass is 10.1. The minimum Gasteiger partial charge on any atom is -0.353 e. The summed E-state index contributed by atoms with van der Waals surface area (Å²) in [6, 6.07) is 8.68. The summed E-state index contributed by atoms with van der Waals surface area (Å²) in [5, 5.41) is 3.06. The van der Waals surface area contributed by atoms with E-state index in [1.165, 1.54) is 4.90 Å². The lowest BCUT2D eigenvalue weighted by Gasteiger charge is -2.12. The van der Waals surface area contributed by atoms with Gasteiger partial charge < -0.3 is 11.1 Å². The smallest absolute Gasteiger partial charge is 0.224 e. The van der Waals surface area contributed by atoms with Crippen molar-refractivity contribution in [2.45, 2.75) is 42.7 Å². The van der Waals surface area contributed by atoms with E-state index in [0.717, 1.165) is 24.8 Å². The third-order valence-corrected chi connectivity index (χ3v) is 4.11. The fourth-order valence-electron chi connectivity index (χ4n) is 2.35. The zero-order chi connectivity index (χ0) is 13.0. The van der Waals surface area contributed by atoms with Crippen LogP contribution in [0, 0.1) is 0 Å². The van der Waals surface area contributed by atoms with Gasteiger partial charge in [0.05, 0.1) is 6.42 Å². The summed E-state index contributed by atoms with van der Waals surface area (Å²) in [6.07, 6.45) is 5.45. The zero-order valence-electron chi connectivity index (χ0n) is 10.7. The molecule has 18 heavy (non-hydrogen) atoms. The molecule has 0 aliphatic heterocycles. The average molecular weight is 264 g/mol. The molecule has 3 N–H and O–H groups in total. The van der Waals surface area contributed by atoms with Crippen LogP contribution in [0.1, 0.15) is 24.8 Å². The quantitative estimate of drug-likeness (QED) is 0.817. The van der Waals surface area contributed by atoms with Crippen molar-refractivity contribution >= 4 is 17.7 Å². The summed E-state index contributed by atoms with van der Waals surface area (Å²) < 4.78 is 0. The second-order valence-electron chi connectivity index (χ2n) is 4.86. The number of thioether (sulfide) groups is 1. The molecule has 0 radical (unpaired) electrons. The Balaban J connectivity index is 1.83. The molecule has 0 bridgehead atoms. The van der Waals surface area contributed by atoms with Crippen LogP contribution in [0.15, 0.2) is 29.2 Å². The summed E-state index contributed by atoms with van der Waals surface area (Å²) in [5.74, 6) is 0.103. The van der Waals surface area contributed by atoms with Crippen molar-refractivity contribution in [2.24, 2.45) is 5.73 Å². The van der Waals surface area contributed by atoms with Crippen molar-refractivity contribution in [3.05, 3.63) is 29.8 Å². The molecule has 1 aliphatic rings. The number of carbonyl (C=O) groups is 1. The minimum atomic E-state index is 0.103. The van der Waals surface area contributed by atoms with E-state index < -0.39 is 0 Å². The van der Waals surface area contributed by atoms with Crippen molar-refractivity contribution in [1.82, 2.24) is 5.32 Å². The van der Waals surface area contributed by atoms with Crippen LogP contribution in [0.4, 0.5) is 0 Å². The van der Waals surface area contributed by atoms with Crippen LogP contribution in [-0.4, -0.2) is 24.2 Å². The normalized spacial score (nSPS) is 23.0. The SMILES string of the molecule is CSc1ccc(CC(=O)NC2CCC(N)C2)cc1. The van der Waals surface area contributed by atoms with Gasteiger partial charge in [0.25, 0.3) is 0 Å². The third-order valence-electron chi connectivity index (χ3n) is 3.36. The monoisotopic (exact) mass is 264 g/mol. The molecule has 0 spiro atoms. The van der Waals surface area contributed by atoms with E-state index in [0.29, 0.717) is 6.42 Å². The van der Waals surface area contributed by atoms with E-state index in [9.17, 15) is 4.79 Å². The summed E-state index contributed by atoms with van der Waals surface area (Å²) in [6.45, 7) is 0. The molecule has 0 heterocycles. The van der Waals surface area contributed by atoms with E-state index in [1.807, 2.05) is 18.4 Å². The number of carbonyl (C=O) groups excluding carboxylic acids is 1. The highest BCUT2D eigenvalue weighted by molar-refractivity contribution is 7.98. The molecular formula is C14H20N2OS. The predicted molar refractivity (Wildman–Crippen MR) is 75.7 cm³/mol. The van der Waals surface area contributed by atoms with Crippen LogP contribution >= 0.6 is 11.8 Å². The fraction of sp³-hybridized carbons (Fsp3) is 0.500. The van der Waals surface area contributed by atoms with Crippen LogP contribution < -0.4 is 11.1 Å². The van der Waals surface area contributed by atoms with Gasteiger partial charge in [0.2, 0.25) is 5.91 Å². The molecular weight excluding hydrogens is 244 g/mol.